The molecule has 0 radical (unpaired) electrons. The van der Waals surface area contributed by atoms with Crippen LogP contribution in [0, 0.1) is 6.57 Å². The Morgan fingerprint density at radius 2 is 2.06 bits per heavy atom. The second-order valence-electron chi connectivity index (χ2n) is 4.76. The van der Waals surface area contributed by atoms with E-state index in [-0.39, 0.29) is 30.0 Å². The lowest BCUT2D eigenvalue weighted by atomic mass is 10.2. The molecule has 1 unspecified atom stereocenters. The van der Waals surface area contributed by atoms with Crippen LogP contribution in [0.15, 0.2) is 0 Å². The van der Waals surface area contributed by atoms with Crippen LogP contribution < -0.4 is 0 Å². The lowest BCUT2D eigenvalue weighted by Crippen LogP contribution is -2.45. The van der Waals surface area contributed by atoms with Crippen LogP contribution in [0.2, 0.25) is 0 Å². The Bertz CT molecular complexity index is 439. The second-order valence-corrected chi connectivity index (χ2v) is 6.99. The molecule has 1 fully saturated rings. The quantitative estimate of drug-likeness (QED) is 0.633. The van der Waals surface area contributed by atoms with Gasteiger partial charge in [-0.05, 0) is 20.5 Å². The summed E-state index contributed by atoms with van der Waals surface area (Å²) in [5.41, 5.74) is 0. The Kier molecular flexibility index (Phi) is 5.11. The molecule has 1 rings (SSSR count). The molecular weight excluding hydrogens is 254 g/mol. The van der Waals surface area contributed by atoms with Crippen LogP contribution in [0.25, 0.3) is 4.85 Å². The van der Waals surface area contributed by atoms with Crippen molar-refractivity contribution in [3.63, 3.8) is 0 Å². The number of hydrogen-bond acceptors (Lipinski definition) is 4. The SMILES string of the molecule is [C-]#[N+]CC(=O)N(CCN(C)C)C1CCS(=O)(=O)C1. The van der Waals surface area contributed by atoms with Crippen molar-refractivity contribution < 1.29 is 13.2 Å². The third kappa shape index (κ3) is 4.27. The van der Waals surface area contributed by atoms with Crippen molar-refractivity contribution in [2.75, 3.05) is 45.2 Å². The molecule has 7 heteroatoms. The summed E-state index contributed by atoms with van der Waals surface area (Å²) >= 11 is 0. The van der Waals surface area contributed by atoms with Crippen LogP contribution >= 0.6 is 0 Å². The summed E-state index contributed by atoms with van der Waals surface area (Å²) in [4.78, 5) is 18.4. The van der Waals surface area contributed by atoms with Gasteiger partial charge in [-0.15, -0.1) is 0 Å². The molecule has 0 saturated carbocycles. The molecule has 1 heterocycles. The zero-order chi connectivity index (χ0) is 13.8. The molecule has 18 heavy (non-hydrogen) atoms. The molecule has 0 N–H and O–H groups in total. The van der Waals surface area contributed by atoms with E-state index < -0.39 is 9.84 Å². The summed E-state index contributed by atoms with van der Waals surface area (Å²) in [5.74, 6) is -0.0973. The monoisotopic (exact) mass is 273 g/mol. The zero-order valence-electron chi connectivity index (χ0n) is 10.8. The Labute approximate surface area is 108 Å². The summed E-state index contributed by atoms with van der Waals surface area (Å²) < 4.78 is 22.9. The molecule has 1 aliphatic heterocycles. The fourth-order valence-electron chi connectivity index (χ4n) is 2.00. The maximum absolute atomic E-state index is 11.9. The molecule has 6 nitrogen and oxygen atoms in total. The van der Waals surface area contributed by atoms with E-state index in [1.807, 2.05) is 19.0 Å². The molecule has 0 spiro atoms. The number of sulfone groups is 1. The number of rotatable bonds is 5. The summed E-state index contributed by atoms with van der Waals surface area (Å²) in [6.07, 6.45) is 0.486. The van der Waals surface area contributed by atoms with E-state index in [1.54, 1.807) is 4.90 Å². The molecular formula is C11H19N3O3S. The van der Waals surface area contributed by atoms with Gasteiger partial charge in [0.05, 0.1) is 11.5 Å². The Hall–Kier alpha value is -1.13. The van der Waals surface area contributed by atoms with Crippen LogP contribution in [0.4, 0.5) is 0 Å². The number of carbonyl (C=O) groups excluding carboxylic acids is 1. The van der Waals surface area contributed by atoms with Crippen LogP contribution in [0.5, 0.6) is 0 Å². The topological polar surface area (TPSA) is 62.1 Å². The third-order valence-electron chi connectivity index (χ3n) is 2.97. The third-order valence-corrected chi connectivity index (χ3v) is 4.72. The highest BCUT2D eigenvalue weighted by Gasteiger charge is 2.35. The van der Waals surface area contributed by atoms with Gasteiger partial charge in [-0.25, -0.2) is 15.0 Å². The van der Waals surface area contributed by atoms with Gasteiger partial charge in [0.15, 0.2) is 9.84 Å². The molecule has 1 amide bonds. The van der Waals surface area contributed by atoms with Gasteiger partial charge in [0.25, 0.3) is 6.54 Å². The van der Waals surface area contributed by atoms with E-state index in [1.165, 1.54) is 0 Å². The lowest BCUT2D eigenvalue weighted by Gasteiger charge is -2.27. The number of likely N-dealkylation sites (N-methyl/N-ethyl adjacent to an activating group) is 1. The molecule has 1 saturated heterocycles. The largest absolute Gasteiger partial charge is 0.331 e. The summed E-state index contributed by atoms with van der Waals surface area (Å²) in [7, 11) is 0.771. The van der Waals surface area contributed by atoms with Crippen LogP contribution in [-0.4, -0.2) is 75.4 Å². The number of hydrogen-bond donors (Lipinski definition) is 0. The first-order valence-electron chi connectivity index (χ1n) is 5.83. The van der Waals surface area contributed by atoms with Gasteiger partial charge in [-0.3, -0.25) is 4.79 Å². The number of carbonyl (C=O) groups is 1. The fourth-order valence-corrected chi connectivity index (χ4v) is 3.73. The highest BCUT2D eigenvalue weighted by Crippen LogP contribution is 2.18. The standard InChI is InChI=1S/C11H19N3O3S/c1-12-8-11(15)14(6-5-13(2)3)10-4-7-18(16,17)9-10/h10H,4-9H2,2-3H3. The van der Waals surface area contributed by atoms with Crippen LogP contribution in [0.3, 0.4) is 0 Å². The fraction of sp³-hybridized carbons (Fsp3) is 0.818. The van der Waals surface area contributed by atoms with Gasteiger partial charge in [0, 0.05) is 19.1 Å². The first-order chi connectivity index (χ1) is 8.35. The minimum Gasteiger partial charge on any atom is -0.331 e. The molecule has 1 atom stereocenters. The minimum absolute atomic E-state index is 0.0319. The Morgan fingerprint density at radius 3 is 2.50 bits per heavy atom. The maximum atomic E-state index is 11.9. The molecule has 0 aromatic rings. The molecule has 1 aliphatic rings. The highest BCUT2D eigenvalue weighted by molar-refractivity contribution is 7.91. The first-order valence-corrected chi connectivity index (χ1v) is 7.65. The van der Waals surface area contributed by atoms with E-state index in [4.69, 9.17) is 6.57 Å². The van der Waals surface area contributed by atoms with Crippen molar-refractivity contribution in [1.82, 2.24) is 9.80 Å². The van der Waals surface area contributed by atoms with Crippen molar-refractivity contribution in [3.8, 4) is 0 Å². The Balaban J connectivity index is 2.72. The van der Waals surface area contributed by atoms with Gasteiger partial charge in [-0.1, -0.05) is 0 Å². The predicted molar refractivity (Wildman–Crippen MR) is 68.8 cm³/mol. The number of nitrogens with zero attached hydrogens (tertiary/aromatic N) is 3. The summed E-state index contributed by atoms with van der Waals surface area (Å²) in [6, 6.07) is -0.260. The molecule has 0 bridgehead atoms. The van der Waals surface area contributed by atoms with E-state index in [0.29, 0.717) is 19.5 Å². The number of amides is 1. The van der Waals surface area contributed by atoms with Gasteiger partial charge in [0.1, 0.15) is 0 Å². The molecule has 0 aromatic carbocycles. The zero-order valence-corrected chi connectivity index (χ0v) is 11.6. The van der Waals surface area contributed by atoms with Crippen molar-refractivity contribution in [3.05, 3.63) is 11.4 Å². The Morgan fingerprint density at radius 1 is 1.39 bits per heavy atom. The van der Waals surface area contributed by atoms with E-state index in [2.05, 4.69) is 4.85 Å². The average Bonchev–Trinajstić information content (AvgIpc) is 2.59. The van der Waals surface area contributed by atoms with E-state index >= 15 is 0 Å². The summed E-state index contributed by atoms with van der Waals surface area (Å²) in [5, 5.41) is 0. The van der Waals surface area contributed by atoms with Crippen molar-refractivity contribution >= 4 is 15.7 Å². The summed E-state index contributed by atoms with van der Waals surface area (Å²) in [6.45, 7) is 7.68. The predicted octanol–water partition coefficient (Wildman–Crippen LogP) is -0.517. The first kappa shape index (κ1) is 14.9. The molecule has 0 aromatic heterocycles. The highest BCUT2D eigenvalue weighted by atomic mass is 32.2. The molecule has 0 aliphatic carbocycles. The minimum atomic E-state index is -3.01. The van der Waals surface area contributed by atoms with Crippen molar-refractivity contribution in [1.29, 1.82) is 0 Å². The normalized spacial score (nSPS) is 21.8. The van der Waals surface area contributed by atoms with Crippen molar-refractivity contribution in [2.24, 2.45) is 0 Å². The molecule has 102 valence electrons. The second kappa shape index (κ2) is 6.16. The van der Waals surface area contributed by atoms with Gasteiger partial charge in [-0.2, -0.15) is 0 Å². The van der Waals surface area contributed by atoms with Gasteiger partial charge < -0.3 is 14.6 Å². The van der Waals surface area contributed by atoms with Crippen LogP contribution in [-0.2, 0) is 14.6 Å². The smallest absolute Gasteiger partial charge is 0.303 e. The van der Waals surface area contributed by atoms with E-state index in [0.717, 1.165) is 0 Å². The maximum Gasteiger partial charge on any atom is 0.303 e. The lowest BCUT2D eigenvalue weighted by molar-refractivity contribution is -0.131. The van der Waals surface area contributed by atoms with E-state index in [9.17, 15) is 13.2 Å². The average molecular weight is 273 g/mol. The van der Waals surface area contributed by atoms with Gasteiger partial charge in [0.2, 0.25) is 0 Å². The van der Waals surface area contributed by atoms with Crippen molar-refractivity contribution in [2.45, 2.75) is 12.5 Å². The van der Waals surface area contributed by atoms with Gasteiger partial charge >= 0.3 is 5.91 Å². The van der Waals surface area contributed by atoms with Crippen LogP contribution in [0.1, 0.15) is 6.42 Å².